The van der Waals surface area contributed by atoms with Gasteiger partial charge in [0.2, 0.25) is 0 Å². The predicted octanol–water partition coefficient (Wildman–Crippen LogP) is 1.06. The summed E-state index contributed by atoms with van der Waals surface area (Å²) in [4.78, 5) is 11.3. The summed E-state index contributed by atoms with van der Waals surface area (Å²) in [6.45, 7) is 2.94. The molecule has 0 aromatic carbocycles. The maximum absolute atomic E-state index is 11.3. The predicted molar refractivity (Wildman–Crippen MR) is 78.0 cm³/mol. The second-order valence-electron chi connectivity index (χ2n) is 3.91. The maximum atomic E-state index is 11.3. The Hall–Kier alpha value is 0.0500. The minimum atomic E-state index is -0.157. The van der Waals surface area contributed by atoms with Crippen molar-refractivity contribution in [2.45, 2.75) is 5.25 Å². The van der Waals surface area contributed by atoms with Gasteiger partial charge in [-0.15, -0.1) is 11.8 Å². The van der Waals surface area contributed by atoms with Crippen molar-refractivity contribution in [1.82, 2.24) is 0 Å². The quantitative estimate of drug-likeness (QED) is 0.286. The average molecular weight is 310 g/mol. The summed E-state index contributed by atoms with van der Waals surface area (Å²) in [5, 5.41) is 0.763. The molecule has 19 heavy (non-hydrogen) atoms. The Kier molecular flexibility index (Phi) is 10.7. The number of hydrogen-bond acceptors (Lipinski definition) is 7. The van der Waals surface area contributed by atoms with Crippen LogP contribution in [0.2, 0.25) is 0 Å². The molecule has 0 aliphatic carbocycles. The molecule has 0 N–H and O–H groups in total. The number of esters is 1. The summed E-state index contributed by atoms with van der Waals surface area (Å²) in [6, 6.07) is 0. The van der Waals surface area contributed by atoms with Crippen molar-refractivity contribution in [3.05, 3.63) is 0 Å². The smallest absolute Gasteiger partial charge is 0.315 e. The molecule has 0 aromatic heterocycles. The van der Waals surface area contributed by atoms with Crippen LogP contribution >= 0.6 is 23.5 Å². The van der Waals surface area contributed by atoms with Gasteiger partial charge in [-0.1, -0.05) is 0 Å². The Morgan fingerprint density at radius 1 is 1.16 bits per heavy atom. The van der Waals surface area contributed by atoms with E-state index in [-0.39, 0.29) is 5.97 Å². The molecule has 0 aromatic rings. The third kappa shape index (κ3) is 11.6. The third-order valence-electron chi connectivity index (χ3n) is 2.22. The molecule has 1 rings (SSSR count). The fourth-order valence-corrected chi connectivity index (χ4v) is 2.98. The normalized spacial score (nSPS) is 17.4. The van der Waals surface area contributed by atoms with Gasteiger partial charge in [0.15, 0.2) is 0 Å². The Labute approximate surface area is 123 Å². The Bertz CT molecular complexity index is 236. The number of ether oxygens (including phenoxy) is 4. The first kappa shape index (κ1) is 17.1. The van der Waals surface area contributed by atoms with E-state index in [1.54, 1.807) is 18.9 Å². The van der Waals surface area contributed by atoms with Crippen LogP contribution in [0.4, 0.5) is 0 Å². The van der Waals surface area contributed by atoms with Crippen molar-refractivity contribution in [2.24, 2.45) is 0 Å². The van der Waals surface area contributed by atoms with Gasteiger partial charge in [-0.25, -0.2) is 0 Å². The molecular weight excluding hydrogens is 288 g/mol. The fourth-order valence-electron chi connectivity index (χ4n) is 1.16. The largest absolute Gasteiger partial charge is 0.463 e. The molecule has 1 saturated heterocycles. The number of hydrogen-bond donors (Lipinski definition) is 0. The SMILES string of the molecule is COCCOCCOCCOC(=O)CSCC1CS1. The van der Waals surface area contributed by atoms with E-state index < -0.39 is 0 Å². The first-order chi connectivity index (χ1) is 9.33. The highest BCUT2D eigenvalue weighted by Gasteiger charge is 2.22. The van der Waals surface area contributed by atoms with Crippen molar-refractivity contribution in [1.29, 1.82) is 0 Å². The molecule has 7 heteroatoms. The maximum Gasteiger partial charge on any atom is 0.315 e. The van der Waals surface area contributed by atoms with Crippen LogP contribution < -0.4 is 0 Å². The lowest BCUT2D eigenvalue weighted by Crippen LogP contribution is -2.15. The number of methoxy groups -OCH3 is 1. The Balaban J connectivity index is 1.72. The lowest BCUT2D eigenvalue weighted by Gasteiger charge is -2.06. The molecular formula is C12H22O5S2. The molecule has 0 radical (unpaired) electrons. The van der Waals surface area contributed by atoms with Gasteiger partial charge in [-0.05, 0) is 0 Å². The van der Waals surface area contributed by atoms with Gasteiger partial charge in [0.25, 0.3) is 0 Å². The Morgan fingerprint density at radius 2 is 1.79 bits per heavy atom. The highest BCUT2D eigenvalue weighted by atomic mass is 32.2. The second-order valence-corrected chi connectivity index (χ2v) is 6.27. The van der Waals surface area contributed by atoms with Gasteiger partial charge in [-0.3, -0.25) is 4.79 Å². The van der Waals surface area contributed by atoms with E-state index in [2.05, 4.69) is 0 Å². The van der Waals surface area contributed by atoms with Crippen LogP contribution in [0.15, 0.2) is 0 Å². The lowest BCUT2D eigenvalue weighted by molar-refractivity contribution is -0.142. The minimum Gasteiger partial charge on any atom is -0.463 e. The molecule has 0 bridgehead atoms. The first-order valence-corrected chi connectivity index (χ1v) is 8.52. The zero-order valence-electron chi connectivity index (χ0n) is 11.3. The summed E-state index contributed by atoms with van der Waals surface area (Å²) in [7, 11) is 1.63. The van der Waals surface area contributed by atoms with Crippen LogP contribution in [0.25, 0.3) is 0 Å². The summed E-state index contributed by atoms with van der Waals surface area (Å²) >= 11 is 3.58. The molecule has 1 heterocycles. The topological polar surface area (TPSA) is 54.0 Å². The van der Waals surface area contributed by atoms with E-state index in [0.717, 1.165) is 11.0 Å². The Morgan fingerprint density at radius 3 is 2.42 bits per heavy atom. The van der Waals surface area contributed by atoms with Gasteiger partial charge in [0.1, 0.15) is 6.61 Å². The highest BCUT2D eigenvalue weighted by Crippen LogP contribution is 2.32. The zero-order chi connectivity index (χ0) is 13.8. The van der Waals surface area contributed by atoms with Gasteiger partial charge in [-0.2, -0.15) is 11.8 Å². The van der Waals surface area contributed by atoms with Crippen LogP contribution in [0.1, 0.15) is 0 Å². The molecule has 0 saturated carbocycles. The zero-order valence-corrected chi connectivity index (χ0v) is 12.9. The highest BCUT2D eigenvalue weighted by molar-refractivity contribution is 8.08. The van der Waals surface area contributed by atoms with Crippen molar-refractivity contribution in [3.8, 4) is 0 Å². The molecule has 112 valence electrons. The van der Waals surface area contributed by atoms with Crippen LogP contribution in [0.3, 0.4) is 0 Å². The van der Waals surface area contributed by atoms with Crippen molar-refractivity contribution in [3.63, 3.8) is 0 Å². The molecule has 1 aliphatic rings. The van der Waals surface area contributed by atoms with E-state index in [0.29, 0.717) is 45.4 Å². The van der Waals surface area contributed by atoms with Gasteiger partial charge >= 0.3 is 5.97 Å². The van der Waals surface area contributed by atoms with Crippen LogP contribution in [0.5, 0.6) is 0 Å². The minimum absolute atomic E-state index is 0.157. The standard InChI is InChI=1S/C12H22O5S2/c1-14-2-3-15-4-5-16-6-7-17-12(13)10-18-8-11-9-19-11/h11H,2-10H2,1H3. The van der Waals surface area contributed by atoms with Crippen LogP contribution in [-0.2, 0) is 23.7 Å². The number of rotatable bonds is 13. The third-order valence-corrected chi connectivity index (χ3v) is 4.48. The molecule has 0 spiro atoms. The van der Waals surface area contributed by atoms with Gasteiger partial charge < -0.3 is 18.9 Å². The van der Waals surface area contributed by atoms with E-state index in [1.165, 1.54) is 5.75 Å². The van der Waals surface area contributed by atoms with E-state index in [1.807, 2.05) is 11.8 Å². The van der Waals surface area contributed by atoms with Gasteiger partial charge in [0.05, 0.1) is 38.8 Å². The molecule has 1 aliphatic heterocycles. The molecule has 5 nitrogen and oxygen atoms in total. The molecule has 1 fully saturated rings. The molecule has 0 amide bonds. The van der Waals surface area contributed by atoms with Crippen molar-refractivity contribution in [2.75, 3.05) is 64.0 Å². The summed E-state index contributed by atoms with van der Waals surface area (Å²) in [5.74, 6) is 2.57. The molecule has 1 unspecified atom stereocenters. The summed E-state index contributed by atoms with van der Waals surface area (Å²) in [5.41, 5.74) is 0. The number of carbonyl (C=O) groups is 1. The first-order valence-electron chi connectivity index (χ1n) is 6.32. The van der Waals surface area contributed by atoms with E-state index in [9.17, 15) is 4.79 Å². The summed E-state index contributed by atoms with van der Waals surface area (Å²) in [6.07, 6.45) is 0. The van der Waals surface area contributed by atoms with Crippen molar-refractivity contribution < 1.29 is 23.7 Å². The fraction of sp³-hybridized carbons (Fsp3) is 0.917. The lowest BCUT2D eigenvalue weighted by atomic mass is 10.6. The van der Waals surface area contributed by atoms with Crippen molar-refractivity contribution >= 4 is 29.5 Å². The number of carbonyl (C=O) groups excluding carboxylic acids is 1. The second kappa shape index (κ2) is 11.8. The number of thioether (sulfide) groups is 2. The van der Waals surface area contributed by atoms with Crippen LogP contribution in [-0.4, -0.2) is 75.2 Å². The summed E-state index contributed by atoms with van der Waals surface area (Å²) < 4.78 is 20.4. The van der Waals surface area contributed by atoms with Gasteiger partial charge in [0, 0.05) is 23.9 Å². The monoisotopic (exact) mass is 310 g/mol. The molecule has 1 atom stereocenters. The van der Waals surface area contributed by atoms with E-state index in [4.69, 9.17) is 18.9 Å². The van der Waals surface area contributed by atoms with E-state index >= 15 is 0 Å². The van der Waals surface area contributed by atoms with Crippen LogP contribution in [0, 0.1) is 0 Å². The average Bonchev–Trinajstić information content (AvgIpc) is 3.21.